The number of amides is 2. The predicted molar refractivity (Wildman–Crippen MR) is 155 cm³/mol. The highest BCUT2D eigenvalue weighted by Gasteiger charge is 2.29. The summed E-state index contributed by atoms with van der Waals surface area (Å²) in [5.74, 6) is 2.46. The molecule has 9 heteroatoms. The van der Waals surface area contributed by atoms with Crippen LogP contribution in [0.1, 0.15) is 70.8 Å². The van der Waals surface area contributed by atoms with Crippen molar-refractivity contribution in [2.24, 2.45) is 0 Å². The Labute approximate surface area is 236 Å². The highest BCUT2D eigenvalue weighted by molar-refractivity contribution is 7.99. The molecule has 1 atom stereocenters. The van der Waals surface area contributed by atoms with Gasteiger partial charge >= 0.3 is 0 Å². The number of carbonyl (C=O) groups excluding carboxylic acids is 2. The molecule has 0 saturated carbocycles. The maximum Gasteiger partial charge on any atom is 0.222 e. The number of hydrogen-bond donors (Lipinski definition) is 0. The Balaban J connectivity index is 1.26. The molecule has 1 unspecified atom stereocenters. The molecule has 2 aromatic heterocycles. The van der Waals surface area contributed by atoms with Gasteiger partial charge in [0.2, 0.25) is 17.6 Å². The Morgan fingerprint density at radius 2 is 1.74 bits per heavy atom. The van der Waals surface area contributed by atoms with Gasteiger partial charge < -0.3 is 14.2 Å². The van der Waals surface area contributed by atoms with E-state index in [1.54, 1.807) is 18.0 Å². The second-order valence-electron chi connectivity index (χ2n) is 10.3. The molecule has 8 nitrogen and oxygen atoms in total. The summed E-state index contributed by atoms with van der Waals surface area (Å²) < 4.78 is 7.61. The number of thioether (sulfide) groups is 1. The summed E-state index contributed by atoms with van der Waals surface area (Å²) in [4.78, 5) is 29.5. The number of carbonyl (C=O) groups is 2. The van der Waals surface area contributed by atoms with Crippen LogP contribution in [0.2, 0.25) is 0 Å². The Kier molecular flexibility index (Phi) is 10.6. The first-order chi connectivity index (χ1) is 19.0. The molecule has 1 aromatic carbocycles. The van der Waals surface area contributed by atoms with E-state index in [-0.39, 0.29) is 17.9 Å². The van der Waals surface area contributed by atoms with Crippen LogP contribution in [-0.2, 0) is 9.59 Å². The molecular weight excluding hydrogens is 510 g/mol. The summed E-state index contributed by atoms with van der Waals surface area (Å²) >= 11 is 1.59. The highest BCUT2D eigenvalue weighted by atomic mass is 32.2. The zero-order valence-corrected chi connectivity index (χ0v) is 24.3. The molecule has 0 spiro atoms. The summed E-state index contributed by atoms with van der Waals surface area (Å²) in [5.41, 5.74) is 2.15. The Morgan fingerprint density at radius 3 is 2.46 bits per heavy atom. The first kappa shape index (κ1) is 28.9. The van der Waals surface area contributed by atoms with Crippen molar-refractivity contribution >= 4 is 23.6 Å². The lowest BCUT2D eigenvalue weighted by Crippen LogP contribution is -2.55. The van der Waals surface area contributed by atoms with Crippen LogP contribution in [0, 0.1) is 6.92 Å². The van der Waals surface area contributed by atoms with Crippen molar-refractivity contribution < 1.29 is 14.0 Å². The molecule has 3 heterocycles. The third-order valence-corrected chi connectivity index (χ3v) is 8.24. The summed E-state index contributed by atoms with van der Waals surface area (Å²) in [7, 11) is 0. The SMILES string of the molecule is CCCCCCCC(=O)N1CCN(C(=O)CCCSc2nnc(-c3ccco3)n2-c2ccc(C)cc2)CC1C. The molecule has 2 amide bonds. The van der Waals surface area contributed by atoms with Crippen LogP contribution in [0.4, 0.5) is 0 Å². The second-order valence-corrected chi connectivity index (χ2v) is 11.4. The quantitative estimate of drug-likeness (QED) is 0.188. The molecule has 0 radical (unpaired) electrons. The van der Waals surface area contributed by atoms with E-state index < -0.39 is 0 Å². The van der Waals surface area contributed by atoms with Crippen molar-refractivity contribution in [3.05, 3.63) is 48.2 Å². The van der Waals surface area contributed by atoms with E-state index in [0.29, 0.717) is 44.1 Å². The molecule has 1 aliphatic rings. The number of unbranched alkanes of at least 4 members (excludes halogenated alkanes) is 4. The first-order valence-corrected chi connectivity index (χ1v) is 15.2. The van der Waals surface area contributed by atoms with Crippen LogP contribution in [0.5, 0.6) is 0 Å². The number of rotatable bonds is 13. The number of aromatic nitrogens is 3. The van der Waals surface area contributed by atoms with Crippen molar-refractivity contribution in [1.82, 2.24) is 24.6 Å². The van der Waals surface area contributed by atoms with E-state index in [1.165, 1.54) is 24.8 Å². The van der Waals surface area contributed by atoms with E-state index in [0.717, 1.165) is 35.9 Å². The van der Waals surface area contributed by atoms with E-state index in [2.05, 4.69) is 55.2 Å². The van der Waals surface area contributed by atoms with Gasteiger partial charge in [-0.3, -0.25) is 14.2 Å². The van der Waals surface area contributed by atoms with Gasteiger partial charge in [0, 0.05) is 50.0 Å². The van der Waals surface area contributed by atoms with Crippen molar-refractivity contribution in [2.45, 2.75) is 83.3 Å². The smallest absolute Gasteiger partial charge is 0.222 e. The molecule has 39 heavy (non-hydrogen) atoms. The van der Waals surface area contributed by atoms with Gasteiger partial charge in [0.1, 0.15) is 0 Å². The zero-order valence-electron chi connectivity index (χ0n) is 23.5. The standard InChI is InChI=1S/C30H41N5O3S/c1-4-5-6-7-8-12-28(37)34-19-18-33(22-24(34)3)27(36)13-10-21-39-30-32-31-29(26-11-9-20-38-26)35(30)25-16-14-23(2)15-17-25/h9,11,14-17,20,24H,4-8,10,12-13,18-19,21-22H2,1-3H3. The Morgan fingerprint density at radius 1 is 0.974 bits per heavy atom. The summed E-state index contributed by atoms with van der Waals surface area (Å²) in [6, 6.07) is 12.0. The van der Waals surface area contributed by atoms with Gasteiger partial charge in [-0.1, -0.05) is 62.1 Å². The molecule has 0 bridgehead atoms. The maximum absolute atomic E-state index is 13.0. The number of benzene rings is 1. The molecule has 1 saturated heterocycles. The predicted octanol–water partition coefficient (Wildman–Crippen LogP) is 6.13. The molecule has 210 valence electrons. The van der Waals surface area contributed by atoms with Crippen LogP contribution in [-0.4, -0.2) is 67.8 Å². The van der Waals surface area contributed by atoms with Crippen LogP contribution < -0.4 is 0 Å². The minimum absolute atomic E-state index is 0.0632. The minimum atomic E-state index is 0.0632. The Hall–Kier alpha value is -3.07. The minimum Gasteiger partial charge on any atom is -0.461 e. The van der Waals surface area contributed by atoms with Gasteiger partial charge in [0.25, 0.3) is 0 Å². The van der Waals surface area contributed by atoms with Crippen molar-refractivity contribution in [2.75, 3.05) is 25.4 Å². The lowest BCUT2D eigenvalue weighted by atomic mass is 10.1. The average molecular weight is 552 g/mol. The fourth-order valence-electron chi connectivity index (χ4n) is 4.98. The molecular formula is C30H41N5O3S. The Bertz CT molecular complexity index is 1190. The van der Waals surface area contributed by atoms with E-state index in [1.807, 2.05) is 26.5 Å². The average Bonchev–Trinajstić information content (AvgIpc) is 3.61. The number of aryl methyl sites for hydroxylation is 1. The molecule has 0 N–H and O–H groups in total. The fourth-order valence-corrected chi connectivity index (χ4v) is 5.87. The summed E-state index contributed by atoms with van der Waals surface area (Å²) in [6.07, 6.45) is 9.21. The van der Waals surface area contributed by atoms with Crippen LogP contribution >= 0.6 is 11.8 Å². The number of hydrogen-bond acceptors (Lipinski definition) is 6. The molecule has 1 fully saturated rings. The van der Waals surface area contributed by atoms with Crippen molar-refractivity contribution in [3.63, 3.8) is 0 Å². The maximum atomic E-state index is 13.0. The summed E-state index contributed by atoms with van der Waals surface area (Å²) in [6.45, 7) is 8.17. The number of piperazine rings is 1. The number of nitrogens with zero attached hydrogens (tertiary/aromatic N) is 5. The van der Waals surface area contributed by atoms with Crippen LogP contribution in [0.25, 0.3) is 17.3 Å². The van der Waals surface area contributed by atoms with E-state index in [4.69, 9.17) is 4.42 Å². The normalized spacial score (nSPS) is 15.6. The third kappa shape index (κ3) is 7.75. The zero-order chi connectivity index (χ0) is 27.6. The van der Waals surface area contributed by atoms with Gasteiger partial charge in [0.05, 0.1) is 6.26 Å². The van der Waals surface area contributed by atoms with Crippen molar-refractivity contribution in [1.29, 1.82) is 0 Å². The molecule has 4 rings (SSSR count). The van der Waals surface area contributed by atoms with E-state index in [9.17, 15) is 9.59 Å². The second kappa shape index (κ2) is 14.4. The monoisotopic (exact) mass is 551 g/mol. The lowest BCUT2D eigenvalue weighted by molar-refractivity contribution is -0.142. The lowest BCUT2D eigenvalue weighted by Gasteiger charge is -2.40. The van der Waals surface area contributed by atoms with Gasteiger partial charge in [0.15, 0.2) is 10.9 Å². The van der Waals surface area contributed by atoms with Gasteiger partial charge in [-0.15, -0.1) is 10.2 Å². The highest BCUT2D eigenvalue weighted by Crippen LogP contribution is 2.29. The van der Waals surface area contributed by atoms with Gasteiger partial charge in [-0.25, -0.2) is 0 Å². The summed E-state index contributed by atoms with van der Waals surface area (Å²) in [5, 5.41) is 9.60. The van der Waals surface area contributed by atoms with Gasteiger partial charge in [-0.2, -0.15) is 0 Å². The topological polar surface area (TPSA) is 84.5 Å². The van der Waals surface area contributed by atoms with Crippen molar-refractivity contribution in [3.8, 4) is 17.3 Å². The first-order valence-electron chi connectivity index (χ1n) is 14.2. The molecule has 1 aliphatic heterocycles. The molecule has 0 aliphatic carbocycles. The third-order valence-electron chi connectivity index (χ3n) is 7.23. The molecule has 3 aromatic rings. The number of furan rings is 1. The van der Waals surface area contributed by atoms with Gasteiger partial charge in [-0.05, 0) is 51.0 Å². The largest absolute Gasteiger partial charge is 0.461 e. The van der Waals surface area contributed by atoms with Crippen LogP contribution in [0.3, 0.4) is 0 Å². The van der Waals surface area contributed by atoms with E-state index >= 15 is 0 Å². The fraction of sp³-hybridized carbons (Fsp3) is 0.533. The van der Waals surface area contributed by atoms with Crippen LogP contribution in [0.15, 0.2) is 52.2 Å².